The number of aliphatic hydroxyl groups excluding tert-OH is 1. The number of likely N-dealkylation sites (N-methyl/N-ethyl adjacent to an activating group) is 1. The van der Waals surface area contributed by atoms with Crippen molar-refractivity contribution >= 4 is 13.7 Å². The standard InChI is InChI=1S/C58H109N2O6P/c1-6-8-10-12-14-16-17-18-19-20-21-22-23-24-25-26-27-28-29-30-31-32-33-34-35-36-37-38-39-40-41-42-43-44-46-48-50-52-58(62)59-56(55-66-67(63,64)65-54-53-60(3,4)5)57(61)51-49-47-45-15-13-11-9-7-2/h13,15,17-18,20-21,23-24,49,51,56-57,61H,6-12,14,16,19,22,25-48,50,52-55H2,1-5H3,(H-,59,62,63,64)/b15-13+,18-17-,21-20-,24-23-,51-49+. The lowest BCUT2D eigenvalue weighted by atomic mass is 10.0. The van der Waals surface area contributed by atoms with E-state index in [1.807, 2.05) is 27.2 Å². The number of carbonyl (C=O) groups is 1. The molecule has 0 aliphatic carbocycles. The van der Waals surface area contributed by atoms with Crippen molar-refractivity contribution in [2.45, 2.75) is 264 Å². The fourth-order valence-electron chi connectivity index (χ4n) is 7.99. The molecule has 0 fully saturated rings. The van der Waals surface area contributed by atoms with Crippen LogP contribution < -0.4 is 10.2 Å². The number of allylic oxidation sites excluding steroid dienone is 9. The number of aliphatic hydroxyl groups is 1. The van der Waals surface area contributed by atoms with Gasteiger partial charge in [0.1, 0.15) is 13.2 Å². The summed E-state index contributed by atoms with van der Waals surface area (Å²) in [4.78, 5) is 25.3. The molecule has 67 heavy (non-hydrogen) atoms. The van der Waals surface area contributed by atoms with E-state index in [2.05, 4.69) is 67.8 Å². The minimum Gasteiger partial charge on any atom is -0.756 e. The van der Waals surface area contributed by atoms with Crippen LogP contribution in [-0.4, -0.2) is 68.5 Å². The number of rotatable bonds is 51. The van der Waals surface area contributed by atoms with E-state index in [0.29, 0.717) is 17.4 Å². The van der Waals surface area contributed by atoms with Crippen LogP contribution in [0.4, 0.5) is 0 Å². The minimum atomic E-state index is -4.59. The molecule has 0 radical (unpaired) electrons. The van der Waals surface area contributed by atoms with Crippen LogP contribution >= 0.6 is 7.82 Å². The Bertz CT molecular complexity index is 1270. The summed E-state index contributed by atoms with van der Waals surface area (Å²) in [6.07, 6.45) is 66.3. The van der Waals surface area contributed by atoms with Crippen molar-refractivity contribution in [3.8, 4) is 0 Å². The molecule has 8 nitrogen and oxygen atoms in total. The van der Waals surface area contributed by atoms with Crippen molar-refractivity contribution in [3.05, 3.63) is 60.8 Å². The zero-order valence-electron chi connectivity index (χ0n) is 44.6. The van der Waals surface area contributed by atoms with Gasteiger partial charge in [-0.05, 0) is 64.2 Å². The summed E-state index contributed by atoms with van der Waals surface area (Å²) in [5.41, 5.74) is 0. The Hall–Kier alpha value is -1.80. The van der Waals surface area contributed by atoms with E-state index >= 15 is 0 Å². The number of carbonyl (C=O) groups excluding carboxylic acids is 1. The van der Waals surface area contributed by atoms with Gasteiger partial charge in [0.25, 0.3) is 7.82 Å². The van der Waals surface area contributed by atoms with Crippen LogP contribution in [0.2, 0.25) is 0 Å². The van der Waals surface area contributed by atoms with Crippen LogP contribution in [0.15, 0.2) is 60.8 Å². The van der Waals surface area contributed by atoms with Gasteiger partial charge < -0.3 is 28.8 Å². The molecule has 2 N–H and O–H groups in total. The third kappa shape index (κ3) is 51.9. The maximum Gasteiger partial charge on any atom is 0.268 e. The van der Waals surface area contributed by atoms with E-state index in [9.17, 15) is 19.4 Å². The molecule has 1 amide bonds. The fraction of sp³-hybridized carbons (Fsp3) is 0.810. The first-order chi connectivity index (χ1) is 32.5. The Morgan fingerprint density at radius 1 is 0.522 bits per heavy atom. The van der Waals surface area contributed by atoms with Crippen molar-refractivity contribution in [1.82, 2.24) is 5.32 Å². The first-order valence-corrected chi connectivity index (χ1v) is 29.6. The molecule has 3 atom stereocenters. The van der Waals surface area contributed by atoms with Gasteiger partial charge in [0.15, 0.2) is 0 Å². The lowest BCUT2D eigenvalue weighted by Crippen LogP contribution is -2.45. The van der Waals surface area contributed by atoms with Crippen molar-refractivity contribution in [1.29, 1.82) is 0 Å². The number of phosphoric acid groups is 1. The molecular weight excluding hydrogens is 852 g/mol. The molecule has 0 aliphatic heterocycles. The predicted octanol–water partition coefficient (Wildman–Crippen LogP) is 16.3. The monoisotopic (exact) mass is 961 g/mol. The topological polar surface area (TPSA) is 108 Å². The normalized spacial score (nSPS) is 14.4. The molecule has 0 saturated carbocycles. The fourth-order valence-corrected chi connectivity index (χ4v) is 8.71. The average molecular weight is 961 g/mol. The highest BCUT2D eigenvalue weighted by Crippen LogP contribution is 2.38. The molecule has 0 spiro atoms. The second-order valence-corrected chi connectivity index (χ2v) is 21.7. The van der Waals surface area contributed by atoms with Gasteiger partial charge in [-0.25, -0.2) is 0 Å². The molecule has 0 heterocycles. The second kappa shape index (κ2) is 49.2. The van der Waals surface area contributed by atoms with Crippen LogP contribution in [0, 0.1) is 0 Å². The summed E-state index contributed by atoms with van der Waals surface area (Å²) < 4.78 is 23.1. The van der Waals surface area contributed by atoms with Gasteiger partial charge in [-0.2, -0.15) is 0 Å². The third-order valence-corrected chi connectivity index (χ3v) is 13.4. The van der Waals surface area contributed by atoms with Crippen LogP contribution in [0.3, 0.4) is 0 Å². The molecule has 0 aromatic heterocycles. The summed E-state index contributed by atoms with van der Waals surface area (Å²) in [5.74, 6) is -0.209. The van der Waals surface area contributed by atoms with Crippen molar-refractivity contribution < 1.29 is 32.9 Å². The maximum atomic E-state index is 12.9. The number of amides is 1. The van der Waals surface area contributed by atoms with E-state index in [-0.39, 0.29) is 12.5 Å². The second-order valence-electron chi connectivity index (χ2n) is 20.3. The zero-order valence-corrected chi connectivity index (χ0v) is 45.5. The summed E-state index contributed by atoms with van der Waals surface area (Å²) in [5, 5.41) is 13.7. The van der Waals surface area contributed by atoms with Gasteiger partial charge in [0.05, 0.1) is 39.9 Å². The Balaban J connectivity index is 3.84. The summed E-state index contributed by atoms with van der Waals surface area (Å²) in [6.45, 7) is 4.54. The Morgan fingerprint density at radius 2 is 0.896 bits per heavy atom. The molecule has 0 aliphatic rings. The first-order valence-electron chi connectivity index (χ1n) is 28.2. The predicted molar refractivity (Wildman–Crippen MR) is 288 cm³/mol. The Morgan fingerprint density at radius 3 is 1.36 bits per heavy atom. The highest BCUT2D eigenvalue weighted by atomic mass is 31.2. The number of nitrogens with one attached hydrogen (secondary N) is 1. The van der Waals surface area contributed by atoms with E-state index in [4.69, 9.17) is 9.05 Å². The van der Waals surface area contributed by atoms with E-state index in [1.165, 1.54) is 180 Å². The molecular formula is C58H109N2O6P. The van der Waals surface area contributed by atoms with Gasteiger partial charge in [-0.15, -0.1) is 0 Å². The maximum absolute atomic E-state index is 12.9. The van der Waals surface area contributed by atoms with Crippen LogP contribution in [0.25, 0.3) is 0 Å². The number of unbranched alkanes of at least 4 members (excludes halogenated alkanes) is 30. The molecule has 0 aromatic rings. The van der Waals surface area contributed by atoms with Gasteiger partial charge in [-0.3, -0.25) is 9.36 Å². The largest absolute Gasteiger partial charge is 0.756 e. The number of quaternary nitrogens is 1. The molecule has 392 valence electrons. The smallest absolute Gasteiger partial charge is 0.268 e. The lowest BCUT2D eigenvalue weighted by Gasteiger charge is -2.29. The molecule has 9 heteroatoms. The van der Waals surface area contributed by atoms with Crippen molar-refractivity contribution in [2.24, 2.45) is 0 Å². The Labute approximate surface area is 415 Å². The third-order valence-electron chi connectivity index (χ3n) is 12.4. The number of phosphoric ester groups is 1. The number of hydrogen-bond donors (Lipinski definition) is 2. The molecule has 0 aromatic carbocycles. The SMILES string of the molecule is CCCC/C=C/CC/C=C/C(O)C(COP(=O)([O-])OCC[N+](C)(C)C)NC(=O)CCCCCCCCCCCCCCCCCCCCCCCC/C=C\C/C=C\C/C=C\CCCCCCC. The van der Waals surface area contributed by atoms with Gasteiger partial charge in [0, 0.05) is 6.42 Å². The summed E-state index contributed by atoms with van der Waals surface area (Å²) in [6, 6.07) is -0.900. The Kier molecular flexibility index (Phi) is 47.9. The quantitative estimate of drug-likeness (QED) is 0.0272. The average Bonchev–Trinajstić information content (AvgIpc) is 3.29. The van der Waals surface area contributed by atoms with Gasteiger partial charge in [0.2, 0.25) is 5.91 Å². The molecule has 0 rings (SSSR count). The van der Waals surface area contributed by atoms with Crippen LogP contribution in [0.5, 0.6) is 0 Å². The number of hydrogen-bond acceptors (Lipinski definition) is 6. The van der Waals surface area contributed by atoms with E-state index in [0.717, 1.165) is 51.4 Å². The highest BCUT2D eigenvalue weighted by molar-refractivity contribution is 7.45. The van der Waals surface area contributed by atoms with E-state index < -0.39 is 26.6 Å². The van der Waals surface area contributed by atoms with Crippen molar-refractivity contribution in [3.63, 3.8) is 0 Å². The number of nitrogens with zero attached hydrogens (tertiary/aromatic N) is 1. The summed E-state index contributed by atoms with van der Waals surface area (Å²) >= 11 is 0. The van der Waals surface area contributed by atoms with Gasteiger partial charge in [-0.1, -0.05) is 242 Å². The lowest BCUT2D eigenvalue weighted by molar-refractivity contribution is -0.870. The van der Waals surface area contributed by atoms with E-state index in [1.54, 1.807) is 6.08 Å². The zero-order chi connectivity index (χ0) is 49.2. The molecule has 0 saturated heterocycles. The van der Waals surface area contributed by atoms with Crippen LogP contribution in [-0.2, 0) is 18.4 Å². The molecule has 0 bridgehead atoms. The highest BCUT2D eigenvalue weighted by Gasteiger charge is 2.23. The van der Waals surface area contributed by atoms with Crippen molar-refractivity contribution in [2.75, 3.05) is 40.9 Å². The molecule has 3 unspecified atom stereocenters. The minimum absolute atomic E-state index is 0.00694. The first kappa shape index (κ1) is 65.2. The summed E-state index contributed by atoms with van der Waals surface area (Å²) in [7, 11) is 1.24. The van der Waals surface area contributed by atoms with Crippen LogP contribution in [0.1, 0.15) is 251 Å². The van der Waals surface area contributed by atoms with Gasteiger partial charge >= 0.3 is 0 Å².